The first-order valence-electron chi connectivity index (χ1n) is 9.20. The summed E-state index contributed by atoms with van der Waals surface area (Å²) in [5.74, 6) is -5.73. The highest BCUT2D eigenvalue weighted by Crippen LogP contribution is 2.33. The molecule has 0 radical (unpaired) electrons. The van der Waals surface area contributed by atoms with Crippen LogP contribution in [0.5, 0.6) is 0 Å². The minimum Gasteiger partial charge on any atom is -0.478 e. The van der Waals surface area contributed by atoms with Crippen molar-refractivity contribution < 1.29 is 41.0 Å². The molecule has 1 heterocycles. The van der Waals surface area contributed by atoms with Crippen molar-refractivity contribution in [3.63, 3.8) is 0 Å². The number of halogens is 7. The van der Waals surface area contributed by atoms with Crippen LogP contribution in [-0.2, 0) is 18.9 Å². The molecule has 0 bridgehead atoms. The number of anilines is 1. The van der Waals surface area contributed by atoms with Crippen LogP contribution >= 0.6 is 22.6 Å². The van der Waals surface area contributed by atoms with Gasteiger partial charge >= 0.3 is 18.3 Å². The Morgan fingerprint density at radius 3 is 2.32 bits per heavy atom. The quantitative estimate of drug-likeness (QED) is 0.310. The summed E-state index contributed by atoms with van der Waals surface area (Å²) in [4.78, 5) is 26.7. The van der Waals surface area contributed by atoms with Gasteiger partial charge in [0.25, 0.3) is 11.7 Å². The van der Waals surface area contributed by atoms with Crippen LogP contribution in [0.1, 0.15) is 43.5 Å². The van der Waals surface area contributed by atoms with Crippen LogP contribution < -0.4 is 5.32 Å². The lowest BCUT2D eigenvalue weighted by atomic mass is 10.1. The number of benzene rings is 2. The zero-order chi connectivity index (χ0) is 25.4. The highest BCUT2D eigenvalue weighted by Gasteiger charge is 2.44. The minimum absolute atomic E-state index is 0.0972. The maximum absolute atomic E-state index is 13.1. The molecule has 3 rings (SSSR count). The molecule has 7 nitrogen and oxygen atoms in total. The largest absolute Gasteiger partial charge is 0.478 e. The Labute approximate surface area is 200 Å². The molecule has 1 aromatic heterocycles. The zero-order valence-electron chi connectivity index (χ0n) is 16.9. The van der Waals surface area contributed by atoms with Crippen molar-refractivity contribution in [2.45, 2.75) is 25.8 Å². The van der Waals surface area contributed by atoms with Gasteiger partial charge in [-0.2, -0.15) is 31.3 Å². The van der Waals surface area contributed by atoms with Gasteiger partial charge in [-0.15, -0.1) is 5.10 Å². The number of nitrogens with one attached hydrogen (secondary N) is 1. The van der Waals surface area contributed by atoms with Crippen molar-refractivity contribution in [2.24, 2.45) is 0 Å². The van der Waals surface area contributed by atoms with Crippen LogP contribution in [0.15, 0.2) is 36.4 Å². The minimum atomic E-state index is -5.16. The monoisotopic (exact) mass is 598 g/mol. The lowest BCUT2D eigenvalue weighted by molar-refractivity contribution is -0.150. The van der Waals surface area contributed by atoms with Crippen LogP contribution in [0, 0.1) is 10.5 Å². The number of nitrogens with zero attached hydrogens (tertiary/aromatic N) is 3. The second kappa shape index (κ2) is 9.23. The Hall–Kier alpha value is -3.17. The van der Waals surface area contributed by atoms with E-state index in [1.807, 2.05) is 0 Å². The molecular formula is C20H13F6IN4O3. The first-order chi connectivity index (χ1) is 15.7. The van der Waals surface area contributed by atoms with Crippen molar-refractivity contribution in [2.75, 3.05) is 5.32 Å². The second-order valence-corrected chi connectivity index (χ2v) is 8.15. The molecular weight excluding hydrogens is 585 g/mol. The van der Waals surface area contributed by atoms with Gasteiger partial charge in [-0.25, -0.2) is 9.48 Å². The molecule has 0 atom stereocenters. The summed E-state index contributed by atoms with van der Waals surface area (Å²) < 4.78 is 78.3. The molecule has 34 heavy (non-hydrogen) atoms. The average molecular weight is 598 g/mol. The molecule has 0 aliphatic carbocycles. The molecule has 2 N–H and O–H groups in total. The SMILES string of the molecule is Cc1cc(Cn2nc(C(F)(F)F)nc2C(F)(F)F)ccc1NC(=O)c1cccc(I)c1C(=O)O. The summed E-state index contributed by atoms with van der Waals surface area (Å²) in [6, 6.07) is 8.34. The molecule has 0 aliphatic rings. The third kappa shape index (κ3) is 5.48. The molecule has 1 amide bonds. The van der Waals surface area contributed by atoms with Gasteiger partial charge in [0, 0.05) is 9.26 Å². The number of alkyl halides is 6. The fraction of sp³-hybridized carbons (Fsp3) is 0.200. The predicted octanol–water partition coefficient (Wildman–Crippen LogP) is 5.23. The van der Waals surface area contributed by atoms with E-state index >= 15 is 0 Å². The number of aromatic carboxylic acids is 1. The van der Waals surface area contributed by atoms with Gasteiger partial charge in [-0.05, 0) is 58.8 Å². The topological polar surface area (TPSA) is 97.1 Å². The molecule has 0 saturated heterocycles. The Balaban J connectivity index is 1.88. The fourth-order valence-corrected chi connectivity index (χ4v) is 3.77. The van der Waals surface area contributed by atoms with Crippen LogP contribution in [0.4, 0.5) is 32.0 Å². The van der Waals surface area contributed by atoms with Gasteiger partial charge in [0.15, 0.2) is 0 Å². The summed E-state index contributed by atoms with van der Waals surface area (Å²) in [5.41, 5.74) is 0.481. The van der Waals surface area contributed by atoms with Crippen LogP contribution in [0.2, 0.25) is 0 Å². The van der Waals surface area contributed by atoms with Gasteiger partial charge in [-0.3, -0.25) is 4.79 Å². The Morgan fingerprint density at radius 1 is 1.09 bits per heavy atom. The number of aromatic nitrogens is 3. The van der Waals surface area contributed by atoms with E-state index in [-0.39, 0.29) is 27.1 Å². The van der Waals surface area contributed by atoms with Gasteiger partial charge in [0.05, 0.1) is 17.7 Å². The van der Waals surface area contributed by atoms with E-state index in [1.165, 1.54) is 43.3 Å². The van der Waals surface area contributed by atoms with Gasteiger partial charge < -0.3 is 10.4 Å². The van der Waals surface area contributed by atoms with Crippen molar-refractivity contribution in [1.29, 1.82) is 0 Å². The molecule has 180 valence electrons. The molecule has 3 aromatic rings. The number of carboxylic acid groups (broad SMARTS) is 1. The van der Waals surface area contributed by atoms with Crippen molar-refractivity contribution in [3.8, 4) is 0 Å². The number of hydrogen-bond donors (Lipinski definition) is 2. The molecule has 0 unspecified atom stereocenters. The smallest absolute Gasteiger partial charge is 0.453 e. The van der Waals surface area contributed by atoms with E-state index in [1.54, 1.807) is 22.6 Å². The second-order valence-electron chi connectivity index (χ2n) is 6.98. The van der Waals surface area contributed by atoms with E-state index < -0.39 is 42.4 Å². The average Bonchev–Trinajstić information content (AvgIpc) is 3.14. The number of carbonyl (C=O) groups is 2. The number of carboxylic acids is 1. The Kier molecular flexibility index (Phi) is 6.91. The normalized spacial score (nSPS) is 12.0. The van der Waals surface area contributed by atoms with Crippen molar-refractivity contribution >= 4 is 40.2 Å². The van der Waals surface area contributed by atoms with E-state index in [4.69, 9.17) is 0 Å². The summed E-state index contributed by atoms with van der Waals surface area (Å²) in [7, 11) is 0. The number of hydrogen-bond acceptors (Lipinski definition) is 4. The van der Waals surface area contributed by atoms with Crippen molar-refractivity contribution in [1.82, 2.24) is 14.8 Å². The van der Waals surface area contributed by atoms with E-state index in [2.05, 4.69) is 15.4 Å². The third-order valence-electron chi connectivity index (χ3n) is 4.52. The van der Waals surface area contributed by atoms with Crippen LogP contribution in [0.3, 0.4) is 0 Å². The highest BCUT2D eigenvalue weighted by molar-refractivity contribution is 14.1. The predicted molar refractivity (Wildman–Crippen MR) is 114 cm³/mol. The van der Waals surface area contributed by atoms with E-state index in [0.29, 0.717) is 9.13 Å². The zero-order valence-corrected chi connectivity index (χ0v) is 19.1. The number of aryl methyl sites for hydroxylation is 1. The van der Waals surface area contributed by atoms with Gasteiger partial charge in [0.1, 0.15) is 0 Å². The third-order valence-corrected chi connectivity index (χ3v) is 5.42. The maximum atomic E-state index is 13.1. The van der Waals surface area contributed by atoms with Gasteiger partial charge in [0.2, 0.25) is 5.82 Å². The molecule has 0 spiro atoms. The Bertz CT molecular complexity index is 1270. The fourth-order valence-electron chi connectivity index (χ4n) is 3.04. The molecule has 0 saturated carbocycles. The first kappa shape index (κ1) is 25.5. The lowest BCUT2D eigenvalue weighted by Crippen LogP contribution is -2.18. The number of carbonyl (C=O) groups excluding carboxylic acids is 1. The lowest BCUT2D eigenvalue weighted by Gasteiger charge is -2.13. The standard InChI is InChI=1S/C20H13F6IN4O3/c1-9-7-10(8-31-18(20(24,25)26)29-17(30-31)19(21,22)23)5-6-13(9)28-15(32)11-3-2-4-12(27)14(11)16(33)34/h2-7H,8H2,1H3,(H,28,32)(H,33,34). The summed E-state index contributed by atoms with van der Waals surface area (Å²) >= 11 is 1.78. The summed E-state index contributed by atoms with van der Waals surface area (Å²) in [6.07, 6.45) is -10.3. The first-order valence-corrected chi connectivity index (χ1v) is 10.3. The Morgan fingerprint density at radius 2 is 1.76 bits per heavy atom. The van der Waals surface area contributed by atoms with E-state index in [9.17, 15) is 41.0 Å². The van der Waals surface area contributed by atoms with Crippen molar-refractivity contribution in [3.05, 3.63) is 73.9 Å². The van der Waals surface area contributed by atoms with E-state index in [0.717, 1.165) is 0 Å². The highest BCUT2D eigenvalue weighted by atomic mass is 127. The number of amides is 1. The molecule has 14 heteroatoms. The summed E-state index contributed by atoms with van der Waals surface area (Å²) in [5, 5.41) is 14.9. The summed E-state index contributed by atoms with van der Waals surface area (Å²) in [6.45, 7) is 0.853. The van der Waals surface area contributed by atoms with Crippen LogP contribution in [-0.4, -0.2) is 31.7 Å². The molecule has 0 aliphatic heterocycles. The molecule has 2 aromatic carbocycles. The maximum Gasteiger partial charge on any atom is 0.453 e. The molecule has 0 fully saturated rings. The van der Waals surface area contributed by atoms with Crippen LogP contribution in [0.25, 0.3) is 0 Å². The number of rotatable bonds is 5. The van der Waals surface area contributed by atoms with Gasteiger partial charge in [-0.1, -0.05) is 18.2 Å².